The second kappa shape index (κ2) is 52.0. The molecule has 0 bridgehead atoms. The van der Waals surface area contributed by atoms with E-state index in [2.05, 4.69) is 20.8 Å². The quantitative estimate of drug-likeness (QED) is 0.0344. The molecule has 0 aliphatic carbocycles. The summed E-state index contributed by atoms with van der Waals surface area (Å²) < 4.78 is 16.8. The molecular weight excluding hydrogens is 769 g/mol. The van der Waals surface area contributed by atoms with E-state index in [1.165, 1.54) is 225 Å². The molecule has 0 saturated heterocycles. The van der Waals surface area contributed by atoms with Crippen LogP contribution in [0.2, 0.25) is 0 Å². The zero-order valence-corrected chi connectivity index (χ0v) is 42.2. The van der Waals surface area contributed by atoms with Crippen LogP contribution < -0.4 is 0 Å². The van der Waals surface area contributed by atoms with E-state index in [1.54, 1.807) is 0 Å². The van der Waals surface area contributed by atoms with Gasteiger partial charge in [0.1, 0.15) is 13.2 Å². The lowest BCUT2D eigenvalue weighted by molar-refractivity contribution is -0.167. The van der Waals surface area contributed by atoms with Crippen molar-refractivity contribution in [3.05, 3.63) is 0 Å². The fraction of sp³-hybridized carbons (Fsp3) is 0.946. The summed E-state index contributed by atoms with van der Waals surface area (Å²) in [4.78, 5) is 38.0. The lowest BCUT2D eigenvalue weighted by Crippen LogP contribution is -2.30. The topological polar surface area (TPSA) is 78.9 Å². The fourth-order valence-electron chi connectivity index (χ4n) is 8.62. The van der Waals surface area contributed by atoms with Crippen LogP contribution in [0.4, 0.5) is 0 Å². The van der Waals surface area contributed by atoms with Gasteiger partial charge in [-0.2, -0.15) is 0 Å². The first-order valence-electron chi connectivity index (χ1n) is 28.0. The summed E-state index contributed by atoms with van der Waals surface area (Å²) in [6.45, 7) is 6.69. The van der Waals surface area contributed by atoms with Gasteiger partial charge >= 0.3 is 17.9 Å². The molecule has 1 atom stereocenters. The molecule has 0 amide bonds. The minimum atomic E-state index is -0.760. The standard InChI is InChI=1S/C56H108O6/c1-4-7-10-13-16-19-22-25-26-27-28-29-30-31-32-35-37-40-43-46-49-55(58)61-52-53(62-56(59)50-47-44-41-38-34-24-21-18-15-12-9-6-3)51-60-54(57)48-45-42-39-36-33-23-20-17-14-11-8-5-2/h53H,4-52H2,1-3H3. The molecule has 0 aromatic heterocycles. The van der Waals surface area contributed by atoms with Crippen LogP contribution in [0.5, 0.6) is 0 Å². The Balaban J connectivity index is 4.22. The molecule has 0 N–H and O–H groups in total. The summed E-state index contributed by atoms with van der Waals surface area (Å²) in [5.41, 5.74) is 0. The van der Waals surface area contributed by atoms with E-state index in [0.29, 0.717) is 19.3 Å². The first-order chi connectivity index (χ1) is 30.5. The molecule has 0 spiro atoms. The Labute approximate surface area is 387 Å². The van der Waals surface area contributed by atoms with Gasteiger partial charge in [0.2, 0.25) is 0 Å². The first-order valence-corrected chi connectivity index (χ1v) is 28.0. The van der Waals surface area contributed by atoms with E-state index >= 15 is 0 Å². The van der Waals surface area contributed by atoms with Crippen LogP contribution in [-0.2, 0) is 28.6 Å². The molecule has 0 aliphatic rings. The molecule has 6 nitrogen and oxygen atoms in total. The molecule has 62 heavy (non-hydrogen) atoms. The normalized spacial score (nSPS) is 11.9. The van der Waals surface area contributed by atoms with Crippen LogP contribution in [-0.4, -0.2) is 37.2 Å². The number of carbonyl (C=O) groups excluding carboxylic acids is 3. The van der Waals surface area contributed by atoms with Crippen molar-refractivity contribution in [3.8, 4) is 0 Å². The number of rotatable bonds is 52. The molecular formula is C56H108O6. The number of ether oxygens (including phenoxy) is 3. The lowest BCUT2D eigenvalue weighted by Gasteiger charge is -2.18. The molecule has 0 fully saturated rings. The third-order valence-electron chi connectivity index (χ3n) is 12.9. The number of hydrogen-bond donors (Lipinski definition) is 0. The van der Waals surface area contributed by atoms with Gasteiger partial charge in [-0.15, -0.1) is 0 Å². The van der Waals surface area contributed by atoms with Gasteiger partial charge in [0.15, 0.2) is 6.10 Å². The van der Waals surface area contributed by atoms with E-state index in [9.17, 15) is 14.4 Å². The molecule has 0 aliphatic heterocycles. The van der Waals surface area contributed by atoms with Crippen molar-refractivity contribution in [3.63, 3.8) is 0 Å². The van der Waals surface area contributed by atoms with Crippen LogP contribution in [0.15, 0.2) is 0 Å². The predicted octanol–water partition coefficient (Wildman–Crippen LogP) is 18.4. The van der Waals surface area contributed by atoms with Crippen LogP contribution in [0.25, 0.3) is 0 Å². The molecule has 0 saturated carbocycles. The summed E-state index contributed by atoms with van der Waals surface area (Å²) in [6, 6.07) is 0. The average molecular weight is 877 g/mol. The highest BCUT2D eigenvalue weighted by molar-refractivity contribution is 5.71. The second-order valence-electron chi connectivity index (χ2n) is 19.2. The summed E-state index contributed by atoms with van der Waals surface area (Å²) >= 11 is 0. The van der Waals surface area contributed by atoms with E-state index in [4.69, 9.17) is 14.2 Å². The molecule has 0 heterocycles. The SMILES string of the molecule is CCCCCCCCCCCCCCCCCCCCCCC(=O)OCC(COC(=O)CCCCCCCCCCCCCC)OC(=O)CCCCCCCCCCCCCC. The van der Waals surface area contributed by atoms with Gasteiger partial charge in [-0.1, -0.05) is 284 Å². The minimum absolute atomic E-state index is 0.0614. The van der Waals surface area contributed by atoms with Crippen molar-refractivity contribution >= 4 is 17.9 Å². The van der Waals surface area contributed by atoms with Crippen LogP contribution >= 0.6 is 0 Å². The summed E-state index contributed by atoms with van der Waals surface area (Å²) in [7, 11) is 0. The maximum Gasteiger partial charge on any atom is 0.306 e. The third kappa shape index (κ3) is 49.4. The fourth-order valence-corrected chi connectivity index (χ4v) is 8.62. The monoisotopic (exact) mass is 877 g/mol. The third-order valence-corrected chi connectivity index (χ3v) is 12.9. The van der Waals surface area contributed by atoms with E-state index in [0.717, 1.165) is 57.8 Å². The number of esters is 3. The van der Waals surface area contributed by atoms with E-state index in [1.807, 2.05) is 0 Å². The highest BCUT2D eigenvalue weighted by Gasteiger charge is 2.19. The zero-order valence-electron chi connectivity index (χ0n) is 42.2. The van der Waals surface area contributed by atoms with Crippen LogP contribution in [0.1, 0.15) is 323 Å². The number of unbranched alkanes of at least 4 members (excludes halogenated alkanes) is 41. The van der Waals surface area contributed by atoms with Crippen molar-refractivity contribution in [2.24, 2.45) is 0 Å². The average Bonchev–Trinajstić information content (AvgIpc) is 3.27. The van der Waals surface area contributed by atoms with Gasteiger partial charge in [-0.25, -0.2) is 0 Å². The Kier molecular flexibility index (Phi) is 50.7. The predicted molar refractivity (Wildman–Crippen MR) is 266 cm³/mol. The second-order valence-corrected chi connectivity index (χ2v) is 19.2. The Hall–Kier alpha value is -1.59. The minimum Gasteiger partial charge on any atom is -0.462 e. The van der Waals surface area contributed by atoms with Crippen molar-refractivity contribution in [2.45, 2.75) is 329 Å². The highest BCUT2D eigenvalue weighted by Crippen LogP contribution is 2.17. The first kappa shape index (κ1) is 60.4. The molecule has 1 unspecified atom stereocenters. The number of hydrogen-bond acceptors (Lipinski definition) is 6. The van der Waals surface area contributed by atoms with Gasteiger partial charge in [0.25, 0.3) is 0 Å². The summed E-state index contributed by atoms with van der Waals surface area (Å²) in [5.74, 6) is -0.837. The van der Waals surface area contributed by atoms with E-state index < -0.39 is 6.10 Å². The molecule has 0 aromatic rings. The van der Waals surface area contributed by atoms with E-state index in [-0.39, 0.29) is 31.1 Å². The molecule has 6 heteroatoms. The van der Waals surface area contributed by atoms with Crippen molar-refractivity contribution in [1.29, 1.82) is 0 Å². The van der Waals surface area contributed by atoms with Crippen molar-refractivity contribution in [1.82, 2.24) is 0 Å². The Morgan fingerprint density at radius 1 is 0.258 bits per heavy atom. The van der Waals surface area contributed by atoms with Gasteiger partial charge < -0.3 is 14.2 Å². The highest BCUT2D eigenvalue weighted by atomic mass is 16.6. The van der Waals surface area contributed by atoms with Gasteiger partial charge in [-0.05, 0) is 19.3 Å². The zero-order chi connectivity index (χ0) is 45.1. The smallest absolute Gasteiger partial charge is 0.306 e. The van der Waals surface area contributed by atoms with Crippen molar-refractivity contribution in [2.75, 3.05) is 13.2 Å². The Morgan fingerprint density at radius 2 is 0.435 bits per heavy atom. The molecule has 0 radical (unpaired) electrons. The largest absolute Gasteiger partial charge is 0.462 e. The summed E-state index contributed by atoms with van der Waals surface area (Å²) in [6.07, 6.45) is 56.6. The number of carbonyl (C=O) groups is 3. The summed E-state index contributed by atoms with van der Waals surface area (Å²) in [5, 5.41) is 0. The molecule has 0 rings (SSSR count). The van der Waals surface area contributed by atoms with Gasteiger partial charge in [-0.3, -0.25) is 14.4 Å². The maximum atomic E-state index is 12.8. The lowest BCUT2D eigenvalue weighted by atomic mass is 10.0. The van der Waals surface area contributed by atoms with Crippen LogP contribution in [0, 0.1) is 0 Å². The van der Waals surface area contributed by atoms with Crippen LogP contribution in [0.3, 0.4) is 0 Å². The Morgan fingerprint density at radius 3 is 0.645 bits per heavy atom. The van der Waals surface area contributed by atoms with Crippen molar-refractivity contribution < 1.29 is 28.6 Å². The maximum absolute atomic E-state index is 12.8. The molecule has 368 valence electrons. The Bertz CT molecular complexity index is 920. The van der Waals surface area contributed by atoms with Gasteiger partial charge in [0, 0.05) is 19.3 Å². The molecule has 0 aromatic carbocycles. The van der Waals surface area contributed by atoms with Gasteiger partial charge in [0.05, 0.1) is 0 Å².